The maximum Gasteiger partial charge on any atom is 0.125 e. The van der Waals surface area contributed by atoms with Crippen molar-refractivity contribution in [1.82, 2.24) is 9.97 Å². The van der Waals surface area contributed by atoms with Crippen LogP contribution in [0.2, 0.25) is 0 Å². The zero-order valence-corrected chi connectivity index (χ0v) is 9.95. The lowest BCUT2D eigenvalue weighted by Crippen LogP contribution is -1.91. The Morgan fingerprint density at radius 2 is 2.00 bits per heavy atom. The molecule has 0 aliphatic rings. The number of fused-ring (bicyclic) bond motifs is 1. The molecule has 2 heterocycles. The summed E-state index contributed by atoms with van der Waals surface area (Å²) in [6.45, 7) is 0.538. The van der Waals surface area contributed by atoms with E-state index in [1.54, 1.807) is 11.3 Å². The van der Waals surface area contributed by atoms with Gasteiger partial charge in [-0.15, -0.1) is 11.3 Å². The average molecular weight is 241 g/mol. The van der Waals surface area contributed by atoms with Gasteiger partial charge in [0.25, 0.3) is 0 Å². The lowest BCUT2D eigenvalue weighted by atomic mass is 10.1. The van der Waals surface area contributed by atoms with Gasteiger partial charge in [0, 0.05) is 41.0 Å². The zero-order chi connectivity index (χ0) is 11.7. The molecule has 0 saturated heterocycles. The molecule has 0 unspecified atom stereocenters. The number of benzene rings is 1. The van der Waals surface area contributed by atoms with Crippen LogP contribution in [0.3, 0.4) is 0 Å². The van der Waals surface area contributed by atoms with Gasteiger partial charge in [0.15, 0.2) is 0 Å². The molecule has 3 aromatic rings. The smallest absolute Gasteiger partial charge is 0.125 e. The largest absolute Gasteiger partial charge is 0.326 e. The molecule has 1 aromatic carbocycles. The Bertz CT molecular complexity index is 655. The molecule has 3 rings (SSSR count). The van der Waals surface area contributed by atoms with Crippen molar-refractivity contribution in [2.45, 2.75) is 6.54 Å². The predicted octanol–water partition coefficient (Wildman–Crippen LogP) is 2.82. The van der Waals surface area contributed by atoms with Crippen LogP contribution < -0.4 is 5.73 Å². The maximum absolute atomic E-state index is 5.61. The number of nitrogens with zero attached hydrogens (tertiary/aromatic N) is 2. The lowest BCUT2D eigenvalue weighted by molar-refractivity contribution is 1.10. The Balaban J connectivity index is 2.23. The van der Waals surface area contributed by atoms with Gasteiger partial charge in [-0.3, -0.25) is 4.98 Å². The standard InChI is InChI=1S/C13H11N3S/c14-5-10-7-16-13(17-10)12-8-15-6-9-3-1-2-4-11(9)12/h1-4,6-8H,5,14H2. The SMILES string of the molecule is NCc1cnc(-c2cncc3ccccc23)s1. The summed E-state index contributed by atoms with van der Waals surface area (Å²) >= 11 is 1.62. The Kier molecular flexibility index (Phi) is 2.59. The van der Waals surface area contributed by atoms with Crippen molar-refractivity contribution in [3.63, 3.8) is 0 Å². The molecular formula is C13H11N3S. The van der Waals surface area contributed by atoms with Crippen LogP contribution in [0.15, 0.2) is 42.9 Å². The molecule has 0 amide bonds. The van der Waals surface area contributed by atoms with Gasteiger partial charge >= 0.3 is 0 Å². The normalized spacial score (nSPS) is 10.9. The molecule has 0 saturated carbocycles. The van der Waals surface area contributed by atoms with E-state index in [9.17, 15) is 0 Å². The fourth-order valence-corrected chi connectivity index (χ4v) is 2.63. The first kappa shape index (κ1) is 10.4. The van der Waals surface area contributed by atoms with E-state index in [2.05, 4.69) is 22.1 Å². The van der Waals surface area contributed by atoms with Crippen LogP contribution in [0.1, 0.15) is 4.88 Å². The van der Waals surface area contributed by atoms with Crippen molar-refractivity contribution in [2.24, 2.45) is 5.73 Å². The van der Waals surface area contributed by atoms with E-state index in [-0.39, 0.29) is 0 Å². The molecule has 4 heteroatoms. The molecule has 17 heavy (non-hydrogen) atoms. The molecule has 0 fully saturated rings. The first-order chi connectivity index (χ1) is 8.38. The first-order valence-electron chi connectivity index (χ1n) is 5.36. The summed E-state index contributed by atoms with van der Waals surface area (Å²) in [5, 5.41) is 3.30. The lowest BCUT2D eigenvalue weighted by Gasteiger charge is -2.01. The van der Waals surface area contributed by atoms with E-state index >= 15 is 0 Å². The highest BCUT2D eigenvalue weighted by Gasteiger charge is 2.07. The number of hydrogen-bond donors (Lipinski definition) is 1. The number of thiazole rings is 1. The Labute approximate surface area is 103 Å². The predicted molar refractivity (Wildman–Crippen MR) is 70.7 cm³/mol. The van der Waals surface area contributed by atoms with E-state index in [1.807, 2.05) is 30.7 Å². The van der Waals surface area contributed by atoms with Crippen molar-refractivity contribution in [2.75, 3.05) is 0 Å². The summed E-state index contributed by atoms with van der Waals surface area (Å²) in [6, 6.07) is 8.20. The Morgan fingerprint density at radius 1 is 1.12 bits per heavy atom. The van der Waals surface area contributed by atoms with Gasteiger partial charge in [0.05, 0.1) is 0 Å². The molecule has 0 aliphatic heterocycles. The topological polar surface area (TPSA) is 51.8 Å². The van der Waals surface area contributed by atoms with Crippen molar-refractivity contribution in [3.8, 4) is 10.6 Å². The number of aromatic nitrogens is 2. The summed E-state index contributed by atoms with van der Waals surface area (Å²) in [7, 11) is 0. The molecule has 0 bridgehead atoms. The minimum Gasteiger partial charge on any atom is -0.326 e. The second-order valence-electron chi connectivity index (χ2n) is 3.74. The van der Waals surface area contributed by atoms with Crippen LogP contribution >= 0.6 is 11.3 Å². The second kappa shape index (κ2) is 4.24. The zero-order valence-electron chi connectivity index (χ0n) is 9.13. The maximum atomic E-state index is 5.61. The van der Waals surface area contributed by atoms with Crippen LogP contribution in [-0.2, 0) is 6.54 Å². The Morgan fingerprint density at radius 3 is 2.82 bits per heavy atom. The van der Waals surface area contributed by atoms with E-state index in [1.165, 1.54) is 5.39 Å². The number of rotatable bonds is 2. The fraction of sp³-hybridized carbons (Fsp3) is 0.0769. The fourth-order valence-electron chi connectivity index (χ4n) is 1.81. The quantitative estimate of drug-likeness (QED) is 0.750. The third-order valence-corrected chi connectivity index (χ3v) is 3.71. The second-order valence-corrected chi connectivity index (χ2v) is 4.86. The monoisotopic (exact) mass is 241 g/mol. The van der Waals surface area contributed by atoms with Gasteiger partial charge in [0.1, 0.15) is 5.01 Å². The minimum atomic E-state index is 0.538. The van der Waals surface area contributed by atoms with Crippen LogP contribution in [0.5, 0.6) is 0 Å². The molecule has 0 spiro atoms. The molecular weight excluding hydrogens is 230 g/mol. The minimum absolute atomic E-state index is 0.538. The van der Waals surface area contributed by atoms with Gasteiger partial charge in [-0.25, -0.2) is 4.98 Å². The average Bonchev–Trinajstić information content (AvgIpc) is 2.87. The van der Waals surface area contributed by atoms with Gasteiger partial charge < -0.3 is 5.73 Å². The van der Waals surface area contributed by atoms with Gasteiger partial charge in [0.2, 0.25) is 0 Å². The van der Waals surface area contributed by atoms with Crippen molar-refractivity contribution < 1.29 is 0 Å². The summed E-state index contributed by atoms with van der Waals surface area (Å²) in [4.78, 5) is 9.76. The van der Waals surface area contributed by atoms with Crippen molar-refractivity contribution in [1.29, 1.82) is 0 Å². The van der Waals surface area contributed by atoms with Crippen LogP contribution in [0.4, 0.5) is 0 Å². The third kappa shape index (κ3) is 1.81. The van der Waals surface area contributed by atoms with E-state index < -0.39 is 0 Å². The highest BCUT2D eigenvalue weighted by Crippen LogP contribution is 2.30. The summed E-state index contributed by atoms with van der Waals surface area (Å²) < 4.78 is 0. The van der Waals surface area contributed by atoms with Crippen molar-refractivity contribution in [3.05, 3.63) is 47.7 Å². The molecule has 84 valence electrons. The Hall–Kier alpha value is -1.78. The highest BCUT2D eigenvalue weighted by atomic mass is 32.1. The van der Waals surface area contributed by atoms with Gasteiger partial charge in [-0.05, 0) is 5.39 Å². The van der Waals surface area contributed by atoms with Gasteiger partial charge in [-0.1, -0.05) is 24.3 Å². The molecule has 2 aromatic heterocycles. The third-order valence-electron chi connectivity index (χ3n) is 2.65. The summed E-state index contributed by atoms with van der Waals surface area (Å²) in [5.41, 5.74) is 6.69. The number of nitrogens with two attached hydrogens (primary N) is 1. The first-order valence-corrected chi connectivity index (χ1v) is 6.18. The van der Waals surface area contributed by atoms with E-state index in [0.29, 0.717) is 6.54 Å². The van der Waals surface area contributed by atoms with Crippen molar-refractivity contribution >= 4 is 22.1 Å². The molecule has 2 N–H and O–H groups in total. The number of pyridine rings is 1. The summed E-state index contributed by atoms with van der Waals surface area (Å²) in [5.74, 6) is 0. The van der Waals surface area contributed by atoms with E-state index in [0.717, 1.165) is 20.8 Å². The highest BCUT2D eigenvalue weighted by molar-refractivity contribution is 7.15. The van der Waals surface area contributed by atoms with Crippen LogP contribution in [-0.4, -0.2) is 9.97 Å². The molecule has 3 nitrogen and oxygen atoms in total. The molecule has 0 aliphatic carbocycles. The van der Waals surface area contributed by atoms with Gasteiger partial charge in [-0.2, -0.15) is 0 Å². The van der Waals surface area contributed by atoms with Crippen LogP contribution in [0.25, 0.3) is 21.3 Å². The summed E-state index contributed by atoms with van der Waals surface area (Å²) in [6.07, 6.45) is 5.57. The van der Waals surface area contributed by atoms with Crippen LogP contribution in [0, 0.1) is 0 Å². The molecule has 0 radical (unpaired) electrons. The number of hydrogen-bond acceptors (Lipinski definition) is 4. The van der Waals surface area contributed by atoms with E-state index in [4.69, 9.17) is 5.73 Å². The molecule has 0 atom stereocenters.